The minimum absolute atomic E-state index is 0.219. The summed E-state index contributed by atoms with van der Waals surface area (Å²) in [6, 6.07) is 15.8. The van der Waals surface area contributed by atoms with Crippen LogP contribution in [0.2, 0.25) is 0 Å². The molecule has 0 saturated heterocycles. The fraction of sp³-hybridized carbons (Fsp3) is 0.0667. The number of ether oxygens (including phenoxy) is 1. The lowest BCUT2D eigenvalue weighted by molar-refractivity contribution is 0.102. The fourth-order valence-corrected chi connectivity index (χ4v) is 1.65. The van der Waals surface area contributed by atoms with Crippen molar-refractivity contribution in [2.24, 2.45) is 0 Å². The molecule has 2 aromatic carbocycles. The van der Waals surface area contributed by atoms with Crippen LogP contribution in [-0.4, -0.2) is 13.0 Å². The van der Waals surface area contributed by atoms with Gasteiger partial charge in [-0.1, -0.05) is 18.2 Å². The SMILES string of the molecule is COc1cc(C#N)ccc1NC(=O)c1ccccc1. The van der Waals surface area contributed by atoms with Gasteiger partial charge in [-0.2, -0.15) is 5.26 Å². The lowest BCUT2D eigenvalue weighted by atomic mass is 10.1. The highest BCUT2D eigenvalue weighted by Crippen LogP contribution is 2.25. The van der Waals surface area contributed by atoms with Gasteiger partial charge in [-0.25, -0.2) is 0 Å². The first kappa shape index (κ1) is 12.7. The smallest absolute Gasteiger partial charge is 0.255 e. The van der Waals surface area contributed by atoms with E-state index in [4.69, 9.17) is 10.00 Å². The topological polar surface area (TPSA) is 62.1 Å². The number of rotatable bonds is 3. The summed E-state index contributed by atoms with van der Waals surface area (Å²) in [5, 5.41) is 11.6. The van der Waals surface area contributed by atoms with E-state index in [2.05, 4.69) is 5.32 Å². The molecule has 4 nitrogen and oxygen atoms in total. The van der Waals surface area contributed by atoms with Crippen LogP contribution in [-0.2, 0) is 0 Å². The molecule has 0 aliphatic carbocycles. The van der Waals surface area contributed by atoms with E-state index in [1.54, 1.807) is 42.5 Å². The number of hydrogen-bond donors (Lipinski definition) is 1. The number of nitriles is 1. The molecule has 0 aliphatic rings. The second-order valence-electron chi connectivity index (χ2n) is 3.85. The van der Waals surface area contributed by atoms with E-state index >= 15 is 0 Å². The number of carbonyl (C=O) groups is 1. The third-order valence-electron chi connectivity index (χ3n) is 2.61. The van der Waals surface area contributed by atoms with Gasteiger partial charge in [0.25, 0.3) is 5.91 Å². The van der Waals surface area contributed by atoms with Crippen LogP contribution in [0.3, 0.4) is 0 Å². The molecular formula is C15H12N2O2. The summed E-state index contributed by atoms with van der Waals surface area (Å²) in [4.78, 5) is 12.0. The predicted octanol–water partition coefficient (Wildman–Crippen LogP) is 2.82. The van der Waals surface area contributed by atoms with E-state index < -0.39 is 0 Å². The van der Waals surface area contributed by atoms with Gasteiger partial charge in [-0.15, -0.1) is 0 Å². The lowest BCUT2D eigenvalue weighted by Gasteiger charge is -2.10. The quantitative estimate of drug-likeness (QED) is 0.913. The fourth-order valence-electron chi connectivity index (χ4n) is 1.65. The second-order valence-corrected chi connectivity index (χ2v) is 3.85. The van der Waals surface area contributed by atoms with Crippen molar-refractivity contribution in [1.29, 1.82) is 5.26 Å². The highest BCUT2D eigenvalue weighted by Gasteiger charge is 2.09. The van der Waals surface area contributed by atoms with Crippen LogP contribution < -0.4 is 10.1 Å². The molecular weight excluding hydrogens is 240 g/mol. The van der Waals surface area contributed by atoms with Crippen molar-refractivity contribution >= 4 is 11.6 Å². The summed E-state index contributed by atoms with van der Waals surface area (Å²) in [6.45, 7) is 0. The number of hydrogen-bond acceptors (Lipinski definition) is 3. The van der Waals surface area contributed by atoms with Crippen LogP contribution in [0.4, 0.5) is 5.69 Å². The Labute approximate surface area is 111 Å². The third kappa shape index (κ3) is 2.90. The second kappa shape index (κ2) is 5.69. The number of nitrogens with zero attached hydrogens (tertiary/aromatic N) is 1. The first-order valence-corrected chi connectivity index (χ1v) is 5.69. The summed E-state index contributed by atoms with van der Waals surface area (Å²) >= 11 is 0. The molecule has 94 valence electrons. The van der Waals surface area contributed by atoms with Crippen LogP contribution in [0.1, 0.15) is 15.9 Å². The van der Waals surface area contributed by atoms with Crippen molar-refractivity contribution < 1.29 is 9.53 Å². The number of methoxy groups -OCH3 is 1. The van der Waals surface area contributed by atoms with Gasteiger partial charge in [0.1, 0.15) is 5.75 Å². The van der Waals surface area contributed by atoms with Crippen molar-refractivity contribution in [1.82, 2.24) is 0 Å². The van der Waals surface area contributed by atoms with Gasteiger partial charge >= 0.3 is 0 Å². The molecule has 0 spiro atoms. The van der Waals surface area contributed by atoms with E-state index in [-0.39, 0.29) is 5.91 Å². The van der Waals surface area contributed by atoms with Crippen LogP contribution in [0.15, 0.2) is 48.5 Å². The number of nitrogens with one attached hydrogen (secondary N) is 1. The Hall–Kier alpha value is -2.80. The van der Waals surface area contributed by atoms with Crippen LogP contribution in [0, 0.1) is 11.3 Å². The third-order valence-corrected chi connectivity index (χ3v) is 2.61. The molecule has 0 bridgehead atoms. The summed E-state index contributed by atoms with van der Waals surface area (Å²) in [5.41, 5.74) is 1.58. The van der Waals surface area contributed by atoms with Crippen LogP contribution in [0.5, 0.6) is 5.75 Å². The van der Waals surface area contributed by atoms with E-state index in [1.807, 2.05) is 12.1 Å². The molecule has 0 aliphatic heterocycles. The average Bonchev–Trinajstić information content (AvgIpc) is 2.48. The molecule has 2 rings (SSSR count). The Morgan fingerprint density at radius 1 is 1.21 bits per heavy atom. The van der Waals surface area contributed by atoms with E-state index in [1.165, 1.54) is 7.11 Å². The van der Waals surface area contributed by atoms with Crippen LogP contribution in [0.25, 0.3) is 0 Å². The highest BCUT2D eigenvalue weighted by atomic mass is 16.5. The summed E-state index contributed by atoms with van der Waals surface area (Å²) in [6.07, 6.45) is 0. The molecule has 0 atom stereocenters. The van der Waals surface area contributed by atoms with Gasteiger partial charge < -0.3 is 10.1 Å². The number of benzene rings is 2. The largest absolute Gasteiger partial charge is 0.495 e. The summed E-state index contributed by atoms with van der Waals surface area (Å²) in [5.74, 6) is 0.243. The Kier molecular flexibility index (Phi) is 3.79. The number of amides is 1. The predicted molar refractivity (Wildman–Crippen MR) is 72.1 cm³/mol. The van der Waals surface area contributed by atoms with Crippen molar-refractivity contribution in [3.8, 4) is 11.8 Å². The maximum absolute atomic E-state index is 12.0. The normalized spacial score (nSPS) is 9.47. The Bertz CT molecular complexity index is 630. The Balaban J connectivity index is 2.24. The zero-order valence-corrected chi connectivity index (χ0v) is 10.4. The van der Waals surface area contributed by atoms with Gasteiger partial charge in [0.2, 0.25) is 0 Å². The maximum atomic E-state index is 12.0. The molecule has 4 heteroatoms. The van der Waals surface area contributed by atoms with E-state index in [9.17, 15) is 4.79 Å². The Morgan fingerprint density at radius 2 is 1.95 bits per heavy atom. The molecule has 0 heterocycles. The van der Waals surface area contributed by atoms with Gasteiger partial charge in [-0.3, -0.25) is 4.79 Å². The molecule has 0 saturated carbocycles. The van der Waals surface area contributed by atoms with Crippen molar-refractivity contribution in [2.75, 3.05) is 12.4 Å². The molecule has 1 amide bonds. The van der Waals surface area contributed by atoms with Crippen molar-refractivity contribution in [3.05, 3.63) is 59.7 Å². The Morgan fingerprint density at radius 3 is 2.58 bits per heavy atom. The van der Waals surface area contributed by atoms with Gasteiger partial charge in [0.05, 0.1) is 24.4 Å². The molecule has 19 heavy (non-hydrogen) atoms. The molecule has 1 N–H and O–H groups in total. The minimum atomic E-state index is -0.219. The lowest BCUT2D eigenvalue weighted by Crippen LogP contribution is -2.12. The van der Waals surface area contributed by atoms with Crippen LogP contribution >= 0.6 is 0 Å². The molecule has 0 aromatic heterocycles. The average molecular weight is 252 g/mol. The number of carbonyl (C=O) groups excluding carboxylic acids is 1. The van der Waals surface area contributed by atoms with Crippen molar-refractivity contribution in [2.45, 2.75) is 0 Å². The summed E-state index contributed by atoms with van der Waals surface area (Å²) in [7, 11) is 1.49. The molecule has 0 fully saturated rings. The standard InChI is InChI=1S/C15H12N2O2/c1-19-14-9-11(10-16)7-8-13(14)17-15(18)12-5-3-2-4-6-12/h2-9H,1H3,(H,17,18). The monoisotopic (exact) mass is 252 g/mol. The first-order chi connectivity index (χ1) is 9.24. The number of anilines is 1. The minimum Gasteiger partial charge on any atom is -0.495 e. The zero-order valence-electron chi connectivity index (χ0n) is 10.4. The van der Waals surface area contributed by atoms with E-state index in [0.29, 0.717) is 22.6 Å². The maximum Gasteiger partial charge on any atom is 0.255 e. The van der Waals surface area contributed by atoms with E-state index in [0.717, 1.165) is 0 Å². The van der Waals surface area contributed by atoms with Crippen molar-refractivity contribution in [3.63, 3.8) is 0 Å². The van der Waals surface area contributed by atoms with Gasteiger partial charge in [0, 0.05) is 11.6 Å². The highest BCUT2D eigenvalue weighted by molar-refractivity contribution is 6.05. The zero-order chi connectivity index (χ0) is 13.7. The van der Waals surface area contributed by atoms with Gasteiger partial charge in [-0.05, 0) is 24.3 Å². The molecule has 0 unspecified atom stereocenters. The summed E-state index contributed by atoms with van der Waals surface area (Å²) < 4.78 is 5.16. The molecule has 0 radical (unpaired) electrons. The molecule has 2 aromatic rings. The van der Waals surface area contributed by atoms with Gasteiger partial charge in [0.15, 0.2) is 0 Å². The first-order valence-electron chi connectivity index (χ1n) is 5.69.